The van der Waals surface area contributed by atoms with E-state index in [-0.39, 0.29) is 23.1 Å². The van der Waals surface area contributed by atoms with E-state index in [4.69, 9.17) is 14.2 Å². The number of likely N-dealkylation sites (N-methyl/N-ethyl adjacent to an activating group) is 1. The van der Waals surface area contributed by atoms with Gasteiger partial charge < -0.3 is 19.1 Å². The van der Waals surface area contributed by atoms with Gasteiger partial charge in [-0.25, -0.2) is 13.2 Å². The summed E-state index contributed by atoms with van der Waals surface area (Å²) in [6.07, 6.45) is 0.397. The number of hydrogen-bond donors (Lipinski definition) is 0. The number of esters is 1. The highest BCUT2D eigenvalue weighted by Crippen LogP contribution is 2.28. The first-order valence-electron chi connectivity index (χ1n) is 8.21. The van der Waals surface area contributed by atoms with Crippen LogP contribution in [0.4, 0.5) is 0 Å². The van der Waals surface area contributed by atoms with Gasteiger partial charge in [-0.1, -0.05) is 0 Å². The second kappa shape index (κ2) is 8.39. The first-order chi connectivity index (χ1) is 12.3. The van der Waals surface area contributed by atoms with Crippen LogP contribution in [0.25, 0.3) is 0 Å². The van der Waals surface area contributed by atoms with Gasteiger partial charge in [0.25, 0.3) is 5.91 Å². The van der Waals surface area contributed by atoms with Crippen LogP contribution in [0.15, 0.2) is 18.2 Å². The van der Waals surface area contributed by atoms with Crippen LogP contribution in [0.5, 0.6) is 11.5 Å². The monoisotopic (exact) mass is 385 g/mol. The Morgan fingerprint density at radius 3 is 2.58 bits per heavy atom. The Kier molecular flexibility index (Phi) is 6.47. The van der Waals surface area contributed by atoms with Gasteiger partial charge in [-0.3, -0.25) is 4.79 Å². The summed E-state index contributed by atoms with van der Waals surface area (Å²) < 4.78 is 38.6. The fourth-order valence-corrected chi connectivity index (χ4v) is 4.44. The Morgan fingerprint density at radius 2 is 2.00 bits per heavy atom. The Hall–Kier alpha value is -2.29. The van der Waals surface area contributed by atoms with Gasteiger partial charge in [0.15, 0.2) is 27.9 Å². The number of rotatable bonds is 7. The summed E-state index contributed by atoms with van der Waals surface area (Å²) in [5.41, 5.74) is 0.226. The molecule has 1 aromatic carbocycles. The van der Waals surface area contributed by atoms with Crippen LogP contribution < -0.4 is 9.47 Å². The largest absolute Gasteiger partial charge is 0.493 e. The summed E-state index contributed by atoms with van der Waals surface area (Å²) in [6.45, 7) is 1.83. The Bertz CT molecular complexity index is 775. The molecule has 1 aliphatic rings. The number of methoxy groups -OCH3 is 1. The molecule has 0 bridgehead atoms. The van der Waals surface area contributed by atoms with Crippen molar-refractivity contribution in [2.45, 2.75) is 19.4 Å². The van der Waals surface area contributed by atoms with Crippen molar-refractivity contribution < 1.29 is 32.2 Å². The first-order valence-corrected chi connectivity index (χ1v) is 10.0. The Morgan fingerprint density at radius 1 is 1.27 bits per heavy atom. The lowest BCUT2D eigenvalue weighted by Gasteiger charge is -2.23. The van der Waals surface area contributed by atoms with Gasteiger partial charge in [-0.05, 0) is 31.5 Å². The number of hydrogen-bond acceptors (Lipinski definition) is 7. The summed E-state index contributed by atoms with van der Waals surface area (Å²) in [5, 5.41) is 0. The highest BCUT2D eigenvalue weighted by Gasteiger charge is 2.33. The van der Waals surface area contributed by atoms with Crippen LogP contribution >= 0.6 is 0 Å². The van der Waals surface area contributed by atoms with Crippen LogP contribution in [0.2, 0.25) is 0 Å². The predicted molar refractivity (Wildman–Crippen MR) is 94.3 cm³/mol. The molecule has 1 amide bonds. The molecule has 1 heterocycles. The summed E-state index contributed by atoms with van der Waals surface area (Å²) in [6, 6.07) is 4.21. The van der Waals surface area contributed by atoms with Crippen LogP contribution in [0.1, 0.15) is 23.7 Å². The zero-order valence-electron chi connectivity index (χ0n) is 15.1. The molecule has 26 heavy (non-hydrogen) atoms. The normalized spacial score (nSPS) is 18.2. The maximum Gasteiger partial charge on any atom is 0.338 e. The molecule has 0 radical (unpaired) electrons. The van der Waals surface area contributed by atoms with Crippen LogP contribution in [0.3, 0.4) is 0 Å². The summed E-state index contributed by atoms with van der Waals surface area (Å²) in [4.78, 5) is 25.6. The molecule has 1 fully saturated rings. The fourth-order valence-electron chi connectivity index (χ4n) is 2.67. The van der Waals surface area contributed by atoms with E-state index in [1.54, 1.807) is 6.07 Å². The zero-order chi connectivity index (χ0) is 19.3. The molecule has 0 unspecified atom stereocenters. The number of sulfone groups is 1. The van der Waals surface area contributed by atoms with Crippen molar-refractivity contribution in [1.82, 2.24) is 4.90 Å². The molecule has 0 saturated carbocycles. The van der Waals surface area contributed by atoms with Crippen molar-refractivity contribution in [2.75, 3.05) is 38.9 Å². The topological polar surface area (TPSA) is 99.2 Å². The van der Waals surface area contributed by atoms with Gasteiger partial charge in [-0.15, -0.1) is 0 Å². The SMILES string of the molecule is CCOc1ccc(C(=O)OCC(=O)N(C)[C@@H]2CCS(=O)(=O)C2)cc1OC. The van der Waals surface area contributed by atoms with Crippen LogP contribution in [-0.4, -0.2) is 70.1 Å². The van der Waals surface area contributed by atoms with Gasteiger partial charge in [-0.2, -0.15) is 0 Å². The molecule has 0 N–H and O–H groups in total. The van der Waals surface area contributed by atoms with E-state index in [1.165, 1.54) is 31.2 Å². The van der Waals surface area contributed by atoms with Crippen LogP contribution in [0, 0.1) is 0 Å². The van der Waals surface area contributed by atoms with Crippen LogP contribution in [-0.2, 0) is 19.4 Å². The van der Waals surface area contributed by atoms with Gasteiger partial charge in [0, 0.05) is 13.1 Å². The molecule has 1 aliphatic heterocycles. The summed E-state index contributed by atoms with van der Waals surface area (Å²) in [7, 11) is -0.117. The lowest BCUT2D eigenvalue weighted by molar-refractivity contribution is -0.134. The van der Waals surface area contributed by atoms with Crippen molar-refractivity contribution in [2.24, 2.45) is 0 Å². The lowest BCUT2D eigenvalue weighted by Crippen LogP contribution is -2.40. The van der Waals surface area contributed by atoms with Gasteiger partial charge in [0.2, 0.25) is 0 Å². The fraction of sp³-hybridized carbons (Fsp3) is 0.529. The average Bonchev–Trinajstić information content (AvgIpc) is 2.99. The second-order valence-corrected chi connectivity index (χ2v) is 8.17. The molecular formula is C17H23NO7S. The van der Waals surface area contributed by atoms with E-state index in [0.717, 1.165) is 0 Å². The lowest BCUT2D eigenvalue weighted by atomic mass is 10.2. The van der Waals surface area contributed by atoms with E-state index < -0.39 is 28.3 Å². The third-order valence-corrected chi connectivity index (χ3v) is 5.93. The molecule has 1 saturated heterocycles. The molecule has 0 spiro atoms. The number of benzene rings is 1. The van der Waals surface area contributed by atoms with Gasteiger partial charge in [0.05, 0.1) is 30.8 Å². The number of ether oxygens (including phenoxy) is 3. The molecular weight excluding hydrogens is 362 g/mol. The molecule has 1 aromatic rings. The first kappa shape index (κ1) is 20.0. The minimum Gasteiger partial charge on any atom is -0.493 e. The zero-order valence-corrected chi connectivity index (χ0v) is 15.9. The van der Waals surface area contributed by atoms with E-state index in [0.29, 0.717) is 24.5 Å². The highest BCUT2D eigenvalue weighted by molar-refractivity contribution is 7.91. The second-order valence-electron chi connectivity index (χ2n) is 5.94. The molecule has 1 atom stereocenters. The van der Waals surface area contributed by atoms with Crippen molar-refractivity contribution >= 4 is 21.7 Å². The van der Waals surface area contributed by atoms with E-state index in [2.05, 4.69) is 0 Å². The minimum absolute atomic E-state index is 0.0563. The number of nitrogens with zero attached hydrogens (tertiary/aromatic N) is 1. The summed E-state index contributed by atoms with van der Waals surface area (Å²) in [5.74, 6) is -0.212. The molecule has 0 aromatic heterocycles. The quantitative estimate of drug-likeness (QED) is 0.643. The number of carbonyl (C=O) groups is 2. The minimum atomic E-state index is -3.09. The maximum absolute atomic E-state index is 12.1. The average molecular weight is 385 g/mol. The van der Waals surface area contributed by atoms with Gasteiger partial charge >= 0.3 is 5.97 Å². The maximum atomic E-state index is 12.1. The molecule has 2 rings (SSSR count). The Labute approximate surface area is 152 Å². The number of amides is 1. The van der Waals surface area contributed by atoms with Gasteiger partial charge in [0.1, 0.15) is 0 Å². The van der Waals surface area contributed by atoms with E-state index in [9.17, 15) is 18.0 Å². The third kappa shape index (κ3) is 4.87. The van der Waals surface area contributed by atoms with Crippen molar-refractivity contribution in [3.05, 3.63) is 23.8 Å². The predicted octanol–water partition coefficient (Wildman–Crippen LogP) is 0.896. The molecule has 144 valence electrons. The standard InChI is InChI=1S/C17H23NO7S/c1-4-24-14-6-5-12(9-15(14)23-3)17(20)25-10-16(19)18(2)13-7-8-26(21,22)11-13/h5-6,9,13H,4,7-8,10-11H2,1-3H3/t13-/m1/s1. The molecule has 9 heteroatoms. The van der Waals surface area contributed by atoms with Crippen molar-refractivity contribution in [1.29, 1.82) is 0 Å². The molecule has 0 aliphatic carbocycles. The van der Waals surface area contributed by atoms with Crippen molar-refractivity contribution in [3.63, 3.8) is 0 Å². The number of carbonyl (C=O) groups excluding carboxylic acids is 2. The van der Waals surface area contributed by atoms with E-state index >= 15 is 0 Å². The Balaban J connectivity index is 1.94. The van der Waals surface area contributed by atoms with E-state index in [1.807, 2.05) is 6.92 Å². The third-order valence-electron chi connectivity index (χ3n) is 4.18. The van der Waals surface area contributed by atoms with Crippen molar-refractivity contribution in [3.8, 4) is 11.5 Å². The smallest absolute Gasteiger partial charge is 0.338 e. The molecule has 8 nitrogen and oxygen atoms in total. The summed E-state index contributed by atoms with van der Waals surface area (Å²) >= 11 is 0. The highest BCUT2D eigenvalue weighted by atomic mass is 32.2.